The second kappa shape index (κ2) is 5.32. The van der Waals surface area contributed by atoms with Gasteiger partial charge in [0, 0.05) is 11.8 Å². The third kappa shape index (κ3) is 2.05. The Morgan fingerprint density at radius 3 is 2.21 bits per heavy atom. The molecule has 3 aromatic rings. The van der Waals surface area contributed by atoms with E-state index in [0.717, 1.165) is 12.8 Å². The first-order chi connectivity index (χ1) is 11.8. The first kappa shape index (κ1) is 14.0. The van der Waals surface area contributed by atoms with Crippen LogP contribution in [0.25, 0.3) is 16.8 Å². The number of rotatable bonds is 1. The average Bonchev–Trinajstić information content (AvgIpc) is 2.63. The molecule has 2 bridgehead atoms. The van der Waals surface area contributed by atoms with Crippen molar-refractivity contribution < 1.29 is 5.11 Å². The molecule has 3 aliphatic carbocycles. The summed E-state index contributed by atoms with van der Waals surface area (Å²) in [5.74, 6) is 0.592. The molecule has 3 atom stereocenters. The summed E-state index contributed by atoms with van der Waals surface area (Å²) >= 11 is 0. The Morgan fingerprint density at radius 1 is 0.792 bits per heavy atom. The largest absolute Gasteiger partial charge is 0.388 e. The first-order valence-electron chi connectivity index (χ1n) is 8.78. The van der Waals surface area contributed by atoms with Crippen LogP contribution in [0.15, 0.2) is 72.3 Å². The molecule has 24 heavy (non-hydrogen) atoms. The molecule has 0 aliphatic heterocycles. The Kier molecular flexibility index (Phi) is 3.11. The fourth-order valence-corrected chi connectivity index (χ4v) is 4.60. The molecule has 3 aliphatic rings. The summed E-state index contributed by atoms with van der Waals surface area (Å²) < 4.78 is 0. The van der Waals surface area contributed by atoms with Crippen LogP contribution >= 0.6 is 0 Å². The van der Waals surface area contributed by atoms with Gasteiger partial charge in [-0.25, -0.2) is 0 Å². The number of hydrogen-bond donors (Lipinski definition) is 1. The van der Waals surface area contributed by atoms with Crippen molar-refractivity contribution in [2.45, 2.75) is 30.8 Å². The second-order valence-corrected chi connectivity index (χ2v) is 7.06. The van der Waals surface area contributed by atoms with Gasteiger partial charge in [-0.1, -0.05) is 72.8 Å². The van der Waals surface area contributed by atoms with Crippen LogP contribution in [-0.4, -0.2) is 11.2 Å². The summed E-state index contributed by atoms with van der Waals surface area (Å²) in [6.07, 6.45) is 4.09. The van der Waals surface area contributed by atoms with E-state index in [1.807, 2.05) is 6.07 Å². The van der Waals surface area contributed by atoms with Crippen LogP contribution in [0.4, 0.5) is 0 Å². The zero-order valence-corrected chi connectivity index (χ0v) is 13.5. The number of hydrogen-bond acceptors (Lipinski definition) is 1. The molecular weight excluding hydrogens is 292 g/mol. The molecule has 1 N–H and O–H groups in total. The highest BCUT2D eigenvalue weighted by Gasteiger charge is 2.42. The fraction of sp³-hybridized carbons (Fsp3) is 0.217. The Hall–Kier alpha value is -2.38. The lowest BCUT2D eigenvalue weighted by Crippen LogP contribution is -2.36. The molecule has 0 radical (unpaired) electrons. The van der Waals surface area contributed by atoms with Gasteiger partial charge in [-0.3, -0.25) is 0 Å². The first-order valence-corrected chi connectivity index (χ1v) is 8.78. The van der Waals surface area contributed by atoms with E-state index in [0.29, 0.717) is 5.92 Å². The minimum Gasteiger partial charge on any atom is -0.388 e. The normalized spacial score (nSPS) is 26.7. The maximum atomic E-state index is 11.0. The third-order valence-electron chi connectivity index (χ3n) is 5.75. The SMILES string of the molecule is OC1/C(=C\c2ccccc2)C2CCC1c1cc3ccccc3cc12. The minimum atomic E-state index is -0.349. The molecule has 0 spiro atoms. The lowest BCUT2D eigenvalue weighted by molar-refractivity contribution is 0.137. The van der Waals surface area contributed by atoms with Crippen molar-refractivity contribution in [1.29, 1.82) is 0 Å². The number of aliphatic hydroxyl groups is 1. The van der Waals surface area contributed by atoms with Crippen molar-refractivity contribution in [1.82, 2.24) is 0 Å². The van der Waals surface area contributed by atoms with Crippen LogP contribution in [0.5, 0.6) is 0 Å². The van der Waals surface area contributed by atoms with Crippen molar-refractivity contribution in [3.05, 3.63) is 89.0 Å². The highest BCUT2D eigenvalue weighted by molar-refractivity contribution is 5.85. The van der Waals surface area contributed by atoms with Crippen molar-refractivity contribution in [2.24, 2.45) is 0 Å². The van der Waals surface area contributed by atoms with E-state index in [-0.39, 0.29) is 12.0 Å². The molecule has 118 valence electrons. The molecule has 1 nitrogen and oxygen atoms in total. The number of benzene rings is 3. The van der Waals surface area contributed by atoms with Gasteiger partial charge in [-0.2, -0.15) is 0 Å². The summed E-state index contributed by atoms with van der Waals surface area (Å²) in [6, 6.07) is 23.6. The zero-order valence-electron chi connectivity index (χ0n) is 13.5. The van der Waals surface area contributed by atoms with Crippen molar-refractivity contribution in [3.8, 4) is 0 Å². The van der Waals surface area contributed by atoms with Gasteiger partial charge in [0.15, 0.2) is 0 Å². The average molecular weight is 312 g/mol. The standard InChI is InChI=1S/C23H20O/c24-23-19-11-10-18(22(23)12-15-6-2-1-3-7-15)20-13-16-8-4-5-9-17(16)14-21(19)20/h1-9,12-14,18-19,23-24H,10-11H2/b22-12-. The summed E-state index contributed by atoms with van der Waals surface area (Å²) in [5, 5.41) is 13.6. The van der Waals surface area contributed by atoms with E-state index in [1.54, 1.807) is 0 Å². The van der Waals surface area contributed by atoms with Crippen molar-refractivity contribution in [2.75, 3.05) is 0 Å². The topological polar surface area (TPSA) is 20.2 Å². The summed E-state index contributed by atoms with van der Waals surface area (Å²) in [6.45, 7) is 0. The van der Waals surface area contributed by atoms with Crippen LogP contribution in [-0.2, 0) is 0 Å². The van der Waals surface area contributed by atoms with E-state index in [2.05, 4.69) is 66.7 Å². The van der Waals surface area contributed by atoms with Gasteiger partial charge in [0.25, 0.3) is 0 Å². The van der Waals surface area contributed by atoms with Gasteiger partial charge in [-0.15, -0.1) is 0 Å². The lowest BCUT2D eigenvalue weighted by atomic mass is 9.62. The molecule has 1 fully saturated rings. The highest BCUT2D eigenvalue weighted by Crippen LogP contribution is 2.53. The third-order valence-corrected chi connectivity index (χ3v) is 5.75. The molecule has 3 aromatic carbocycles. The summed E-state index contributed by atoms with van der Waals surface area (Å²) in [5.41, 5.74) is 5.17. The Labute approximate surface area is 142 Å². The van der Waals surface area contributed by atoms with Gasteiger partial charge in [0.05, 0.1) is 6.10 Å². The molecule has 3 unspecified atom stereocenters. The lowest BCUT2D eigenvalue weighted by Gasteiger charge is -2.44. The summed E-state index contributed by atoms with van der Waals surface area (Å²) in [4.78, 5) is 0. The highest BCUT2D eigenvalue weighted by atomic mass is 16.3. The van der Waals surface area contributed by atoms with E-state index in [9.17, 15) is 5.11 Å². The van der Waals surface area contributed by atoms with Crippen LogP contribution in [0, 0.1) is 0 Å². The van der Waals surface area contributed by atoms with E-state index >= 15 is 0 Å². The summed E-state index contributed by atoms with van der Waals surface area (Å²) in [7, 11) is 0. The molecule has 0 amide bonds. The van der Waals surface area contributed by atoms with Gasteiger partial charge in [0.1, 0.15) is 0 Å². The quantitative estimate of drug-likeness (QED) is 0.650. The molecule has 0 aromatic heterocycles. The van der Waals surface area contributed by atoms with E-state index in [4.69, 9.17) is 0 Å². The molecule has 6 rings (SSSR count). The molecular formula is C23H20O. The predicted octanol–water partition coefficient (Wildman–Crippen LogP) is 5.26. The maximum Gasteiger partial charge on any atom is 0.0827 e. The molecule has 0 saturated heterocycles. The van der Waals surface area contributed by atoms with E-state index < -0.39 is 0 Å². The van der Waals surface area contributed by atoms with E-state index in [1.165, 1.54) is 33.0 Å². The number of aliphatic hydroxyl groups excluding tert-OH is 1. The van der Waals surface area contributed by atoms with Crippen molar-refractivity contribution >= 4 is 16.8 Å². The number of fused-ring (bicyclic) bond motifs is 3. The smallest absolute Gasteiger partial charge is 0.0827 e. The fourth-order valence-electron chi connectivity index (χ4n) is 4.60. The zero-order chi connectivity index (χ0) is 16.1. The van der Waals surface area contributed by atoms with Crippen LogP contribution < -0.4 is 0 Å². The Balaban J connectivity index is 1.69. The molecule has 1 saturated carbocycles. The molecule has 1 heteroatoms. The second-order valence-electron chi connectivity index (χ2n) is 7.06. The van der Waals surface area contributed by atoms with Crippen LogP contribution in [0.2, 0.25) is 0 Å². The Bertz CT molecular complexity index is 939. The maximum absolute atomic E-state index is 11.0. The monoisotopic (exact) mass is 312 g/mol. The van der Waals surface area contributed by atoms with Gasteiger partial charge >= 0.3 is 0 Å². The molecule has 0 heterocycles. The van der Waals surface area contributed by atoms with Gasteiger partial charge < -0.3 is 5.11 Å². The van der Waals surface area contributed by atoms with Gasteiger partial charge in [-0.05, 0) is 45.9 Å². The Morgan fingerprint density at radius 2 is 1.46 bits per heavy atom. The minimum absolute atomic E-state index is 0.240. The van der Waals surface area contributed by atoms with Crippen LogP contribution in [0.1, 0.15) is 41.4 Å². The van der Waals surface area contributed by atoms with Crippen molar-refractivity contribution in [3.63, 3.8) is 0 Å². The van der Waals surface area contributed by atoms with Gasteiger partial charge in [0.2, 0.25) is 0 Å². The van der Waals surface area contributed by atoms with Crippen LogP contribution in [0.3, 0.4) is 0 Å². The predicted molar refractivity (Wildman–Crippen MR) is 99.1 cm³/mol.